The highest BCUT2D eigenvalue weighted by atomic mass is 15.2. The van der Waals surface area contributed by atoms with E-state index in [-0.39, 0.29) is 5.82 Å². The van der Waals surface area contributed by atoms with E-state index in [2.05, 4.69) is 14.9 Å². The molecule has 0 atom stereocenters. The molecule has 0 saturated carbocycles. The van der Waals surface area contributed by atoms with Crippen LogP contribution in [0.25, 0.3) is 0 Å². The highest BCUT2D eigenvalue weighted by molar-refractivity contribution is 5.44. The van der Waals surface area contributed by atoms with Gasteiger partial charge in [0.1, 0.15) is 6.07 Å². The average molecular weight is 160 g/mol. The molecule has 0 radical (unpaired) electrons. The van der Waals surface area contributed by atoms with Crippen LogP contribution in [0.4, 0.5) is 5.69 Å². The quantitative estimate of drug-likeness (QED) is 0.602. The van der Waals surface area contributed by atoms with Gasteiger partial charge in [-0.1, -0.05) is 0 Å². The monoisotopic (exact) mass is 160 g/mol. The van der Waals surface area contributed by atoms with Gasteiger partial charge in [0.25, 0.3) is 0 Å². The SMILES string of the molecule is N#Cc1ncc(N2CCC2)cn1. The lowest BCUT2D eigenvalue weighted by Crippen LogP contribution is -2.37. The molecule has 1 aromatic heterocycles. The molecule has 1 saturated heterocycles. The maximum atomic E-state index is 8.45. The molecule has 60 valence electrons. The van der Waals surface area contributed by atoms with Crippen molar-refractivity contribution in [3.05, 3.63) is 18.2 Å². The molecule has 4 nitrogen and oxygen atoms in total. The van der Waals surface area contributed by atoms with Crippen LogP contribution in [0.5, 0.6) is 0 Å². The van der Waals surface area contributed by atoms with E-state index in [4.69, 9.17) is 5.26 Å². The van der Waals surface area contributed by atoms with Gasteiger partial charge in [0.15, 0.2) is 0 Å². The molecule has 0 aromatic carbocycles. The Hall–Kier alpha value is -1.63. The Kier molecular flexibility index (Phi) is 1.63. The summed E-state index contributed by atoms with van der Waals surface area (Å²) in [5.74, 6) is 0.235. The maximum Gasteiger partial charge on any atom is 0.232 e. The number of rotatable bonds is 1. The number of nitrogens with zero attached hydrogens (tertiary/aromatic N) is 4. The molecule has 0 amide bonds. The Bertz CT molecular complexity index is 307. The van der Waals surface area contributed by atoms with Gasteiger partial charge in [0.05, 0.1) is 18.1 Å². The Morgan fingerprint density at radius 3 is 2.42 bits per heavy atom. The van der Waals surface area contributed by atoms with Crippen molar-refractivity contribution in [2.75, 3.05) is 18.0 Å². The molecule has 1 aliphatic heterocycles. The fourth-order valence-corrected chi connectivity index (χ4v) is 1.12. The summed E-state index contributed by atoms with van der Waals surface area (Å²) in [6, 6.07) is 1.89. The third kappa shape index (κ3) is 1.10. The first kappa shape index (κ1) is 7.04. The van der Waals surface area contributed by atoms with Gasteiger partial charge in [-0.3, -0.25) is 0 Å². The molecule has 2 heterocycles. The third-order valence-corrected chi connectivity index (χ3v) is 1.96. The van der Waals surface area contributed by atoms with E-state index in [1.807, 2.05) is 6.07 Å². The van der Waals surface area contributed by atoms with Gasteiger partial charge in [-0.2, -0.15) is 5.26 Å². The lowest BCUT2D eigenvalue weighted by Gasteiger charge is -2.32. The van der Waals surface area contributed by atoms with Crippen molar-refractivity contribution in [2.45, 2.75) is 6.42 Å². The van der Waals surface area contributed by atoms with Crippen molar-refractivity contribution >= 4 is 5.69 Å². The van der Waals surface area contributed by atoms with E-state index in [1.54, 1.807) is 12.4 Å². The summed E-state index contributed by atoms with van der Waals surface area (Å²) in [6.07, 6.45) is 4.63. The number of hydrogen-bond donors (Lipinski definition) is 0. The lowest BCUT2D eigenvalue weighted by atomic mass is 10.2. The highest BCUT2D eigenvalue weighted by Crippen LogP contribution is 2.17. The summed E-state index contributed by atoms with van der Waals surface area (Å²) in [6.45, 7) is 2.16. The highest BCUT2D eigenvalue weighted by Gasteiger charge is 2.14. The zero-order chi connectivity index (χ0) is 8.39. The van der Waals surface area contributed by atoms with E-state index < -0.39 is 0 Å². The van der Waals surface area contributed by atoms with Crippen LogP contribution >= 0.6 is 0 Å². The van der Waals surface area contributed by atoms with Crippen molar-refractivity contribution in [3.8, 4) is 6.07 Å². The smallest absolute Gasteiger partial charge is 0.232 e. The molecular formula is C8H8N4. The van der Waals surface area contributed by atoms with Gasteiger partial charge < -0.3 is 4.90 Å². The van der Waals surface area contributed by atoms with Crippen molar-refractivity contribution in [1.82, 2.24) is 9.97 Å². The Morgan fingerprint density at radius 1 is 1.33 bits per heavy atom. The maximum absolute atomic E-state index is 8.45. The molecule has 0 N–H and O–H groups in total. The van der Waals surface area contributed by atoms with Crippen molar-refractivity contribution in [3.63, 3.8) is 0 Å². The van der Waals surface area contributed by atoms with Gasteiger partial charge in [-0.05, 0) is 6.42 Å². The van der Waals surface area contributed by atoms with Crippen LogP contribution in [0, 0.1) is 11.3 Å². The Balaban J connectivity index is 2.19. The van der Waals surface area contributed by atoms with Crippen LogP contribution in [0.1, 0.15) is 12.2 Å². The summed E-state index contributed by atoms with van der Waals surface area (Å²) < 4.78 is 0. The van der Waals surface area contributed by atoms with Crippen LogP contribution in [0.3, 0.4) is 0 Å². The fourth-order valence-electron chi connectivity index (χ4n) is 1.12. The topological polar surface area (TPSA) is 52.8 Å². The van der Waals surface area contributed by atoms with Gasteiger partial charge >= 0.3 is 0 Å². The fraction of sp³-hybridized carbons (Fsp3) is 0.375. The molecular weight excluding hydrogens is 152 g/mol. The first-order chi connectivity index (χ1) is 5.90. The lowest BCUT2D eigenvalue weighted by molar-refractivity contribution is 0.615. The molecule has 1 aliphatic rings. The summed E-state index contributed by atoms with van der Waals surface area (Å²) in [7, 11) is 0. The molecule has 0 spiro atoms. The van der Waals surface area contributed by atoms with Gasteiger partial charge in [-0.25, -0.2) is 9.97 Å². The minimum absolute atomic E-state index is 0.235. The zero-order valence-electron chi connectivity index (χ0n) is 6.56. The molecule has 0 bridgehead atoms. The first-order valence-electron chi connectivity index (χ1n) is 3.87. The second kappa shape index (κ2) is 2.78. The van der Waals surface area contributed by atoms with E-state index in [0.29, 0.717) is 0 Å². The van der Waals surface area contributed by atoms with Crippen LogP contribution in [-0.2, 0) is 0 Å². The minimum Gasteiger partial charge on any atom is -0.369 e. The number of nitriles is 1. The Labute approximate surface area is 70.5 Å². The van der Waals surface area contributed by atoms with E-state index in [1.165, 1.54) is 6.42 Å². The van der Waals surface area contributed by atoms with Gasteiger partial charge in [0.2, 0.25) is 5.82 Å². The second-order valence-corrected chi connectivity index (χ2v) is 2.72. The van der Waals surface area contributed by atoms with Crippen LogP contribution < -0.4 is 4.90 Å². The Morgan fingerprint density at radius 2 is 2.00 bits per heavy atom. The van der Waals surface area contributed by atoms with Crippen molar-refractivity contribution < 1.29 is 0 Å². The number of anilines is 1. The molecule has 0 aliphatic carbocycles. The predicted molar refractivity (Wildman–Crippen MR) is 43.6 cm³/mol. The predicted octanol–water partition coefficient (Wildman–Crippen LogP) is 0.558. The van der Waals surface area contributed by atoms with E-state index in [0.717, 1.165) is 18.8 Å². The summed E-state index contributed by atoms with van der Waals surface area (Å²) in [5, 5.41) is 8.45. The standard InChI is InChI=1S/C8H8N4/c9-4-8-10-5-7(6-11-8)12-2-1-3-12/h5-6H,1-3H2. The molecule has 2 rings (SSSR count). The number of hydrogen-bond acceptors (Lipinski definition) is 4. The first-order valence-corrected chi connectivity index (χ1v) is 3.87. The van der Waals surface area contributed by atoms with Crippen LogP contribution in [0.15, 0.2) is 12.4 Å². The number of aromatic nitrogens is 2. The van der Waals surface area contributed by atoms with E-state index >= 15 is 0 Å². The normalized spacial score (nSPS) is 15.1. The molecule has 0 unspecified atom stereocenters. The van der Waals surface area contributed by atoms with Gasteiger partial charge in [0, 0.05) is 13.1 Å². The molecule has 4 heteroatoms. The largest absolute Gasteiger partial charge is 0.369 e. The molecule has 12 heavy (non-hydrogen) atoms. The second-order valence-electron chi connectivity index (χ2n) is 2.72. The van der Waals surface area contributed by atoms with Crippen molar-refractivity contribution in [2.24, 2.45) is 0 Å². The minimum atomic E-state index is 0.235. The summed E-state index contributed by atoms with van der Waals surface area (Å²) in [5.41, 5.74) is 1.01. The third-order valence-electron chi connectivity index (χ3n) is 1.96. The van der Waals surface area contributed by atoms with Crippen molar-refractivity contribution in [1.29, 1.82) is 5.26 Å². The molecule has 1 aromatic rings. The molecule has 1 fully saturated rings. The van der Waals surface area contributed by atoms with Gasteiger partial charge in [-0.15, -0.1) is 0 Å². The van der Waals surface area contributed by atoms with E-state index in [9.17, 15) is 0 Å². The van der Waals surface area contributed by atoms with Crippen LogP contribution in [0.2, 0.25) is 0 Å². The average Bonchev–Trinajstić information content (AvgIpc) is 2.03. The summed E-state index contributed by atoms with van der Waals surface area (Å²) in [4.78, 5) is 9.95. The summed E-state index contributed by atoms with van der Waals surface area (Å²) >= 11 is 0. The van der Waals surface area contributed by atoms with Crippen LogP contribution in [-0.4, -0.2) is 23.1 Å². The zero-order valence-corrected chi connectivity index (χ0v) is 6.56.